The molecule has 0 spiro atoms. The first-order chi connectivity index (χ1) is 13.5. The minimum absolute atomic E-state index is 0.189. The lowest BCUT2D eigenvalue weighted by Gasteiger charge is -2.30. The maximum atomic E-state index is 12.7. The first-order valence-corrected chi connectivity index (χ1v) is 9.17. The smallest absolute Gasteiger partial charge is 0.321 e. The van der Waals surface area contributed by atoms with Gasteiger partial charge in [-0.25, -0.2) is 4.79 Å². The van der Waals surface area contributed by atoms with Crippen LogP contribution in [0.25, 0.3) is 0 Å². The lowest BCUT2D eigenvalue weighted by Crippen LogP contribution is -2.44. The number of nitrogens with zero attached hydrogens (tertiary/aromatic N) is 2. The molecule has 28 heavy (non-hydrogen) atoms. The minimum Gasteiger partial charge on any atom is -0.481 e. The number of piperidine rings is 1. The molecule has 0 radical (unpaired) electrons. The molecule has 146 valence electrons. The van der Waals surface area contributed by atoms with Crippen LogP contribution in [0, 0.1) is 5.92 Å². The average Bonchev–Trinajstić information content (AvgIpc) is 2.73. The summed E-state index contributed by atoms with van der Waals surface area (Å²) in [7, 11) is 1.70. The summed E-state index contributed by atoms with van der Waals surface area (Å²) in [6.07, 6.45) is 1.24. The van der Waals surface area contributed by atoms with Crippen LogP contribution in [0.1, 0.15) is 23.2 Å². The second kappa shape index (κ2) is 8.56. The van der Waals surface area contributed by atoms with Crippen molar-refractivity contribution in [3.8, 4) is 0 Å². The SMILES string of the molecule is CN(C(=O)c1cccc(NC(=O)N2CCCC(C(=O)O)C2)c1)c1ccccc1. The van der Waals surface area contributed by atoms with Gasteiger partial charge in [-0.1, -0.05) is 24.3 Å². The topological polar surface area (TPSA) is 90.0 Å². The lowest BCUT2D eigenvalue weighted by atomic mass is 9.99. The van der Waals surface area contributed by atoms with Gasteiger partial charge in [0.05, 0.1) is 5.92 Å². The number of para-hydroxylation sites is 1. The highest BCUT2D eigenvalue weighted by molar-refractivity contribution is 6.06. The largest absolute Gasteiger partial charge is 0.481 e. The van der Waals surface area contributed by atoms with Crippen LogP contribution in [0.3, 0.4) is 0 Å². The number of hydrogen-bond acceptors (Lipinski definition) is 3. The quantitative estimate of drug-likeness (QED) is 0.850. The van der Waals surface area contributed by atoms with Gasteiger partial charge in [0.15, 0.2) is 0 Å². The van der Waals surface area contributed by atoms with Crippen molar-refractivity contribution < 1.29 is 19.5 Å². The number of benzene rings is 2. The third-order valence-corrected chi connectivity index (χ3v) is 4.87. The highest BCUT2D eigenvalue weighted by Gasteiger charge is 2.28. The summed E-state index contributed by atoms with van der Waals surface area (Å²) < 4.78 is 0. The molecule has 7 heteroatoms. The van der Waals surface area contributed by atoms with Crippen LogP contribution < -0.4 is 10.2 Å². The molecular weight excluding hydrogens is 358 g/mol. The second-order valence-electron chi connectivity index (χ2n) is 6.83. The number of urea groups is 1. The van der Waals surface area contributed by atoms with Gasteiger partial charge in [0.25, 0.3) is 5.91 Å². The highest BCUT2D eigenvalue weighted by atomic mass is 16.4. The highest BCUT2D eigenvalue weighted by Crippen LogP contribution is 2.20. The van der Waals surface area contributed by atoms with Crippen molar-refractivity contribution in [2.24, 2.45) is 5.92 Å². The molecule has 1 aliphatic rings. The zero-order chi connectivity index (χ0) is 20.1. The number of amides is 3. The number of carboxylic acids is 1. The van der Waals surface area contributed by atoms with E-state index >= 15 is 0 Å². The third-order valence-electron chi connectivity index (χ3n) is 4.87. The molecule has 2 N–H and O–H groups in total. The number of anilines is 2. The molecule has 7 nitrogen and oxygen atoms in total. The lowest BCUT2D eigenvalue weighted by molar-refractivity contribution is -0.143. The molecule has 1 atom stereocenters. The van der Waals surface area contributed by atoms with E-state index in [1.54, 1.807) is 36.2 Å². The molecule has 2 aromatic rings. The number of aliphatic carboxylic acids is 1. The molecular formula is C21H23N3O4. The van der Waals surface area contributed by atoms with E-state index in [1.807, 2.05) is 30.3 Å². The molecule has 0 bridgehead atoms. The number of likely N-dealkylation sites (tertiary alicyclic amines) is 1. The van der Waals surface area contributed by atoms with E-state index in [2.05, 4.69) is 5.32 Å². The molecule has 1 aliphatic heterocycles. The minimum atomic E-state index is -0.881. The van der Waals surface area contributed by atoms with Gasteiger partial charge in [0.1, 0.15) is 0 Å². The standard InChI is InChI=1S/C21H23N3O4/c1-23(18-10-3-2-4-11-18)19(25)15-7-5-9-17(13-15)22-21(28)24-12-6-8-16(14-24)20(26)27/h2-5,7,9-11,13,16H,6,8,12,14H2,1H3,(H,22,28)(H,26,27). The molecule has 0 aliphatic carbocycles. The number of nitrogens with one attached hydrogen (secondary N) is 1. The summed E-state index contributed by atoms with van der Waals surface area (Å²) in [6, 6.07) is 15.7. The third kappa shape index (κ3) is 4.49. The molecule has 2 aromatic carbocycles. The summed E-state index contributed by atoms with van der Waals surface area (Å²) >= 11 is 0. The van der Waals surface area contributed by atoms with E-state index in [9.17, 15) is 19.5 Å². The molecule has 3 rings (SSSR count). The normalized spacial score (nSPS) is 16.3. The number of carboxylic acid groups (broad SMARTS) is 1. The van der Waals surface area contributed by atoms with Crippen LogP contribution in [0.15, 0.2) is 54.6 Å². The number of rotatable bonds is 4. The summed E-state index contributed by atoms with van der Waals surface area (Å²) in [5.41, 5.74) is 1.72. The Morgan fingerprint density at radius 3 is 2.57 bits per heavy atom. The van der Waals surface area contributed by atoms with Crippen molar-refractivity contribution in [1.82, 2.24) is 4.90 Å². The van der Waals surface area contributed by atoms with E-state index in [0.29, 0.717) is 30.6 Å². The van der Waals surface area contributed by atoms with Gasteiger partial charge in [-0.15, -0.1) is 0 Å². The van der Waals surface area contributed by atoms with Gasteiger partial charge < -0.3 is 20.2 Å². The fourth-order valence-corrected chi connectivity index (χ4v) is 3.26. The molecule has 0 saturated carbocycles. The van der Waals surface area contributed by atoms with Crippen molar-refractivity contribution in [3.05, 3.63) is 60.2 Å². The van der Waals surface area contributed by atoms with Crippen molar-refractivity contribution in [1.29, 1.82) is 0 Å². The van der Waals surface area contributed by atoms with Gasteiger partial charge in [-0.2, -0.15) is 0 Å². The second-order valence-corrected chi connectivity index (χ2v) is 6.83. The zero-order valence-corrected chi connectivity index (χ0v) is 15.7. The Kier molecular flexibility index (Phi) is 5.93. The Morgan fingerprint density at radius 1 is 1.11 bits per heavy atom. The molecule has 1 heterocycles. The van der Waals surface area contributed by atoms with Crippen LogP contribution in [0.4, 0.5) is 16.2 Å². The molecule has 1 saturated heterocycles. The zero-order valence-electron chi connectivity index (χ0n) is 15.7. The summed E-state index contributed by atoms with van der Waals surface area (Å²) in [6.45, 7) is 0.710. The van der Waals surface area contributed by atoms with Crippen molar-refractivity contribution in [2.45, 2.75) is 12.8 Å². The molecule has 3 amide bonds. The van der Waals surface area contributed by atoms with Gasteiger partial charge in [-0.3, -0.25) is 9.59 Å². The molecule has 1 fully saturated rings. The Labute approximate surface area is 163 Å². The number of carbonyl (C=O) groups excluding carboxylic acids is 2. The van der Waals surface area contributed by atoms with Gasteiger partial charge >= 0.3 is 12.0 Å². The summed E-state index contributed by atoms with van der Waals surface area (Å²) in [5.74, 6) is -1.60. The van der Waals surface area contributed by atoms with Crippen molar-refractivity contribution in [2.75, 3.05) is 30.4 Å². The van der Waals surface area contributed by atoms with Crippen molar-refractivity contribution >= 4 is 29.3 Å². The van der Waals surface area contributed by atoms with Crippen LogP contribution >= 0.6 is 0 Å². The van der Waals surface area contributed by atoms with Crippen LogP contribution in [-0.2, 0) is 4.79 Å². The van der Waals surface area contributed by atoms with Gasteiger partial charge in [0, 0.05) is 37.1 Å². The average molecular weight is 381 g/mol. The van der Waals surface area contributed by atoms with E-state index in [4.69, 9.17) is 0 Å². The van der Waals surface area contributed by atoms with Gasteiger partial charge in [-0.05, 0) is 43.2 Å². The first-order valence-electron chi connectivity index (χ1n) is 9.17. The van der Waals surface area contributed by atoms with Crippen LogP contribution in [-0.4, -0.2) is 48.1 Å². The predicted molar refractivity (Wildman–Crippen MR) is 107 cm³/mol. The van der Waals surface area contributed by atoms with E-state index in [1.165, 1.54) is 4.90 Å². The monoisotopic (exact) mass is 381 g/mol. The Balaban J connectivity index is 1.68. The fraction of sp³-hybridized carbons (Fsp3) is 0.286. The predicted octanol–water partition coefficient (Wildman–Crippen LogP) is 3.29. The Bertz CT molecular complexity index is 869. The maximum Gasteiger partial charge on any atom is 0.321 e. The van der Waals surface area contributed by atoms with E-state index in [0.717, 1.165) is 5.69 Å². The maximum absolute atomic E-state index is 12.7. The molecule has 1 unspecified atom stereocenters. The summed E-state index contributed by atoms with van der Waals surface area (Å²) in [4.78, 5) is 39.5. The van der Waals surface area contributed by atoms with Crippen LogP contribution in [0.5, 0.6) is 0 Å². The summed E-state index contributed by atoms with van der Waals surface area (Å²) in [5, 5.41) is 11.9. The molecule has 0 aromatic heterocycles. The Morgan fingerprint density at radius 2 is 1.86 bits per heavy atom. The fourth-order valence-electron chi connectivity index (χ4n) is 3.26. The number of carbonyl (C=O) groups is 3. The van der Waals surface area contributed by atoms with Gasteiger partial charge in [0.2, 0.25) is 0 Å². The Hall–Kier alpha value is -3.35. The first kappa shape index (κ1) is 19.4. The van der Waals surface area contributed by atoms with E-state index in [-0.39, 0.29) is 18.5 Å². The van der Waals surface area contributed by atoms with Crippen molar-refractivity contribution in [3.63, 3.8) is 0 Å². The number of hydrogen-bond donors (Lipinski definition) is 2. The van der Waals surface area contributed by atoms with Crippen LogP contribution in [0.2, 0.25) is 0 Å². The van der Waals surface area contributed by atoms with E-state index < -0.39 is 11.9 Å².